The second kappa shape index (κ2) is 6.32. The lowest BCUT2D eigenvalue weighted by molar-refractivity contribution is 0.102. The minimum atomic E-state index is -0.224. The van der Waals surface area contributed by atoms with Crippen molar-refractivity contribution >= 4 is 39.5 Å². The van der Waals surface area contributed by atoms with Crippen molar-refractivity contribution in [1.82, 2.24) is 14.3 Å². The zero-order valence-corrected chi connectivity index (χ0v) is 14.3. The monoisotopic (exact) mass is 343 g/mol. The molecule has 0 fully saturated rings. The smallest absolute Gasteiger partial charge is 0.321 e. The predicted molar refractivity (Wildman–Crippen MR) is 94.9 cm³/mol. The first kappa shape index (κ1) is 16.0. The number of carbonyl (C=O) groups excluding carboxylic acids is 2. The highest BCUT2D eigenvalue weighted by molar-refractivity contribution is 7.15. The van der Waals surface area contributed by atoms with E-state index in [0.717, 1.165) is 10.4 Å². The number of imidazole rings is 1. The van der Waals surface area contributed by atoms with E-state index in [-0.39, 0.29) is 11.9 Å². The fourth-order valence-corrected chi connectivity index (χ4v) is 3.04. The lowest BCUT2D eigenvalue weighted by Crippen LogP contribution is -2.27. The Bertz CT molecular complexity index is 912. The fraction of sp³-hybridized carbons (Fsp3) is 0.188. The fourth-order valence-electron chi connectivity index (χ4n) is 2.21. The number of fused-ring (bicyclic) bond motifs is 1. The Balaban J connectivity index is 1.84. The molecule has 0 saturated carbocycles. The Morgan fingerprint density at radius 1 is 1.21 bits per heavy atom. The number of carbonyl (C=O) groups is 2. The molecule has 0 unspecified atom stereocenters. The van der Waals surface area contributed by atoms with E-state index in [1.807, 2.05) is 6.92 Å². The van der Waals surface area contributed by atoms with Gasteiger partial charge in [-0.3, -0.25) is 9.20 Å². The Morgan fingerprint density at radius 2 is 1.92 bits per heavy atom. The summed E-state index contributed by atoms with van der Waals surface area (Å²) in [7, 11) is 3.34. The highest BCUT2D eigenvalue weighted by atomic mass is 32.1. The molecule has 3 rings (SSSR count). The summed E-state index contributed by atoms with van der Waals surface area (Å²) in [5.41, 5.74) is 2.62. The summed E-state index contributed by atoms with van der Waals surface area (Å²) in [5.74, 6) is -0.224. The quantitative estimate of drug-likeness (QED) is 0.767. The molecule has 0 bridgehead atoms. The van der Waals surface area contributed by atoms with E-state index in [4.69, 9.17) is 0 Å². The standard InChI is InChI=1S/C16H17N5O2S/c1-10-11(5-4-6-12(10)19-16(23)20(2)3)18-15(22)13-8-24-14-7-17-9-21(13)14/h4-9H,1-3H3,(H,18,22)(H,19,23). The lowest BCUT2D eigenvalue weighted by Gasteiger charge is -2.16. The molecule has 24 heavy (non-hydrogen) atoms. The maximum Gasteiger partial charge on any atom is 0.321 e. The van der Waals surface area contributed by atoms with Gasteiger partial charge in [0.05, 0.1) is 6.20 Å². The topological polar surface area (TPSA) is 78.7 Å². The Kier molecular flexibility index (Phi) is 4.22. The van der Waals surface area contributed by atoms with Gasteiger partial charge in [-0.25, -0.2) is 9.78 Å². The number of urea groups is 1. The molecule has 0 atom stereocenters. The first-order chi connectivity index (χ1) is 11.5. The average Bonchev–Trinajstić information content (AvgIpc) is 3.13. The molecule has 0 radical (unpaired) electrons. The van der Waals surface area contributed by atoms with E-state index in [9.17, 15) is 9.59 Å². The summed E-state index contributed by atoms with van der Waals surface area (Å²) < 4.78 is 1.74. The van der Waals surface area contributed by atoms with Crippen LogP contribution in [0, 0.1) is 6.92 Å². The van der Waals surface area contributed by atoms with Gasteiger partial charge < -0.3 is 15.5 Å². The number of nitrogens with zero attached hydrogens (tertiary/aromatic N) is 3. The van der Waals surface area contributed by atoms with E-state index in [1.165, 1.54) is 16.2 Å². The molecule has 7 nitrogen and oxygen atoms in total. The van der Waals surface area contributed by atoms with Crippen molar-refractivity contribution in [2.45, 2.75) is 6.92 Å². The van der Waals surface area contributed by atoms with Crippen LogP contribution in [0.15, 0.2) is 36.1 Å². The molecule has 0 aliphatic rings. The van der Waals surface area contributed by atoms with Crippen LogP contribution in [-0.4, -0.2) is 40.3 Å². The summed E-state index contributed by atoms with van der Waals surface area (Å²) in [6.07, 6.45) is 3.32. The number of anilines is 2. The number of thiazole rings is 1. The second-order valence-corrected chi connectivity index (χ2v) is 6.37. The molecule has 0 saturated heterocycles. The third kappa shape index (κ3) is 2.95. The molecule has 0 aliphatic heterocycles. The van der Waals surface area contributed by atoms with E-state index >= 15 is 0 Å². The lowest BCUT2D eigenvalue weighted by atomic mass is 10.1. The molecular formula is C16H17N5O2S. The van der Waals surface area contributed by atoms with E-state index in [2.05, 4.69) is 15.6 Å². The normalized spacial score (nSPS) is 10.6. The van der Waals surface area contributed by atoms with E-state index in [1.54, 1.807) is 54.6 Å². The van der Waals surface area contributed by atoms with Gasteiger partial charge in [-0.15, -0.1) is 11.3 Å². The van der Waals surface area contributed by atoms with Gasteiger partial charge in [0, 0.05) is 30.9 Å². The van der Waals surface area contributed by atoms with Gasteiger partial charge in [-0.2, -0.15) is 0 Å². The molecule has 1 aromatic carbocycles. The third-order valence-electron chi connectivity index (χ3n) is 3.62. The van der Waals surface area contributed by atoms with Gasteiger partial charge in [-0.05, 0) is 24.6 Å². The molecule has 124 valence electrons. The van der Waals surface area contributed by atoms with Crippen LogP contribution in [0.2, 0.25) is 0 Å². The first-order valence-electron chi connectivity index (χ1n) is 7.26. The van der Waals surface area contributed by atoms with Crippen LogP contribution in [0.5, 0.6) is 0 Å². The molecule has 2 N–H and O–H groups in total. The molecule has 8 heteroatoms. The molecular weight excluding hydrogens is 326 g/mol. The van der Waals surface area contributed by atoms with Crippen LogP contribution < -0.4 is 10.6 Å². The van der Waals surface area contributed by atoms with Gasteiger partial charge in [0.25, 0.3) is 5.91 Å². The van der Waals surface area contributed by atoms with Crippen LogP contribution in [-0.2, 0) is 0 Å². The maximum atomic E-state index is 12.5. The zero-order chi connectivity index (χ0) is 17.3. The van der Waals surface area contributed by atoms with Crippen molar-refractivity contribution in [3.8, 4) is 0 Å². The van der Waals surface area contributed by atoms with Crippen LogP contribution >= 0.6 is 11.3 Å². The van der Waals surface area contributed by atoms with Crippen molar-refractivity contribution in [3.63, 3.8) is 0 Å². The number of benzene rings is 1. The van der Waals surface area contributed by atoms with Crippen molar-refractivity contribution in [2.24, 2.45) is 0 Å². The summed E-state index contributed by atoms with van der Waals surface area (Å²) >= 11 is 1.46. The van der Waals surface area contributed by atoms with Gasteiger partial charge in [-0.1, -0.05) is 6.07 Å². The second-order valence-electron chi connectivity index (χ2n) is 5.48. The number of aromatic nitrogens is 2. The summed E-state index contributed by atoms with van der Waals surface area (Å²) in [4.78, 5) is 30.7. The molecule has 2 aromatic heterocycles. The van der Waals surface area contributed by atoms with Gasteiger partial charge >= 0.3 is 6.03 Å². The third-order valence-corrected chi connectivity index (χ3v) is 4.50. The molecule has 3 amide bonds. The van der Waals surface area contributed by atoms with E-state index < -0.39 is 0 Å². The average molecular weight is 343 g/mol. The van der Waals surface area contributed by atoms with E-state index in [0.29, 0.717) is 17.1 Å². The minimum Gasteiger partial charge on any atom is -0.331 e. The summed E-state index contributed by atoms with van der Waals surface area (Å²) in [5, 5.41) is 7.49. The zero-order valence-electron chi connectivity index (χ0n) is 13.5. The largest absolute Gasteiger partial charge is 0.331 e. The first-order valence-corrected chi connectivity index (χ1v) is 8.14. The van der Waals surface area contributed by atoms with Gasteiger partial charge in [0.1, 0.15) is 16.9 Å². The SMILES string of the molecule is Cc1c(NC(=O)c2csc3cncn23)cccc1NC(=O)N(C)C. The number of amides is 3. The highest BCUT2D eigenvalue weighted by Crippen LogP contribution is 2.25. The predicted octanol–water partition coefficient (Wildman–Crippen LogP) is 3.05. The van der Waals surface area contributed by atoms with Crippen LogP contribution in [0.4, 0.5) is 16.2 Å². The van der Waals surface area contributed by atoms with Crippen molar-refractivity contribution in [1.29, 1.82) is 0 Å². The number of nitrogens with one attached hydrogen (secondary N) is 2. The highest BCUT2D eigenvalue weighted by Gasteiger charge is 2.15. The number of hydrogen-bond donors (Lipinski definition) is 2. The number of rotatable bonds is 3. The minimum absolute atomic E-state index is 0.223. The van der Waals surface area contributed by atoms with Crippen LogP contribution in [0.1, 0.15) is 16.1 Å². The summed E-state index contributed by atoms with van der Waals surface area (Å²) in [6.45, 7) is 1.85. The van der Waals surface area contributed by atoms with Crippen LogP contribution in [0.3, 0.4) is 0 Å². The molecule has 0 aliphatic carbocycles. The van der Waals surface area contributed by atoms with Crippen molar-refractivity contribution in [3.05, 3.63) is 47.4 Å². The van der Waals surface area contributed by atoms with Gasteiger partial charge in [0.2, 0.25) is 0 Å². The summed E-state index contributed by atoms with van der Waals surface area (Å²) in [6, 6.07) is 5.16. The van der Waals surface area contributed by atoms with Crippen LogP contribution in [0.25, 0.3) is 4.83 Å². The Hall–Kier alpha value is -2.87. The van der Waals surface area contributed by atoms with Crippen molar-refractivity contribution < 1.29 is 9.59 Å². The maximum absolute atomic E-state index is 12.5. The number of hydrogen-bond acceptors (Lipinski definition) is 4. The molecule has 3 aromatic rings. The Morgan fingerprint density at radius 3 is 2.62 bits per heavy atom. The van der Waals surface area contributed by atoms with Crippen molar-refractivity contribution in [2.75, 3.05) is 24.7 Å². The Labute approximate surface area is 142 Å². The molecule has 2 heterocycles. The molecule has 0 spiro atoms. The van der Waals surface area contributed by atoms with Gasteiger partial charge in [0.15, 0.2) is 0 Å².